The highest BCUT2D eigenvalue weighted by atomic mass is 32.2. The van der Waals surface area contributed by atoms with E-state index in [1.807, 2.05) is 0 Å². The van der Waals surface area contributed by atoms with Crippen molar-refractivity contribution in [1.29, 1.82) is 0 Å². The van der Waals surface area contributed by atoms with Crippen LogP contribution in [0.4, 0.5) is 5.69 Å². The fourth-order valence-electron chi connectivity index (χ4n) is 1.30. The van der Waals surface area contributed by atoms with Crippen LogP contribution in [0, 0.1) is 0 Å². The van der Waals surface area contributed by atoms with Gasteiger partial charge in [-0.05, 0) is 24.3 Å². The quantitative estimate of drug-likeness (QED) is 0.722. The molecule has 0 spiro atoms. The molecular weight excluding hydrogens is 272 g/mol. The lowest BCUT2D eigenvalue weighted by atomic mass is 10.2. The van der Waals surface area contributed by atoms with Crippen molar-refractivity contribution in [3.63, 3.8) is 0 Å². The Bertz CT molecular complexity index is 648. The Morgan fingerprint density at radius 1 is 1.33 bits per heavy atom. The van der Waals surface area contributed by atoms with E-state index in [0.29, 0.717) is 11.3 Å². The smallest absolute Gasteiger partial charge is 0.265 e. The SMILES string of the molecule is NC(=S)c1ccc(NS(=O)(=O)c2cn[nH]c2)cc1. The number of H-pyrrole nitrogens is 1. The molecule has 1 aromatic heterocycles. The summed E-state index contributed by atoms with van der Waals surface area (Å²) in [4.78, 5) is 0.333. The van der Waals surface area contributed by atoms with Gasteiger partial charge >= 0.3 is 0 Å². The number of anilines is 1. The molecule has 0 amide bonds. The average Bonchev–Trinajstić information content (AvgIpc) is 2.83. The van der Waals surface area contributed by atoms with Crippen LogP contribution in [0.1, 0.15) is 5.56 Å². The van der Waals surface area contributed by atoms with Gasteiger partial charge in [-0.1, -0.05) is 12.2 Å². The highest BCUT2D eigenvalue weighted by molar-refractivity contribution is 7.92. The first-order valence-corrected chi connectivity index (χ1v) is 6.79. The largest absolute Gasteiger partial charge is 0.389 e. The maximum absolute atomic E-state index is 11.9. The zero-order valence-corrected chi connectivity index (χ0v) is 10.8. The standard InChI is InChI=1S/C10H10N4O2S2/c11-10(17)7-1-3-8(4-2-7)14-18(15,16)9-5-12-13-6-9/h1-6,14H,(H2,11,17)(H,12,13). The molecule has 2 aromatic rings. The summed E-state index contributed by atoms with van der Waals surface area (Å²) in [5.74, 6) is 0. The maximum atomic E-state index is 11.9. The number of hydrogen-bond acceptors (Lipinski definition) is 4. The summed E-state index contributed by atoms with van der Waals surface area (Å²) in [6.07, 6.45) is 2.53. The van der Waals surface area contributed by atoms with Crippen LogP contribution in [0.5, 0.6) is 0 Å². The fraction of sp³-hybridized carbons (Fsp3) is 0. The number of benzene rings is 1. The van der Waals surface area contributed by atoms with E-state index in [1.54, 1.807) is 24.3 Å². The van der Waals surface area contributed by atoms with Crippen molar-refractivity contribution >= 4 is 32.9 Å². The minimum atomic E-state index is -3.61. The molecule has 18 heavy (non-hydrogen) atoms. The summed E-state index contributed by atoms with van der Waals surface area (Å²) in [5, 5.41) is 6.03. The lowest BCUT2D eigenvalue weighted by Crippen LogP contribution is -2.13. The topological polar surface area (TPSA) is 101 Å². The summed E-state index contributed by atoms with van der Waals surface area (Å²) in [6.45, 7) is 0. The van der Waals surface area contributed by atoms with Crippen molar-refractivity contribution < 1.29 is 8.42 Å². The van der Waals surface area contributed by atoms with Crippen LogP contribution < -0.4 is 10.5 Å². The van der Waals surface area contributed by atoms with E-state index in [2.05, 4.69) is 14.9 Å². The third-order valence-corrected chi connectivity index (χ3v) is 3.79. The van der Waals surface area contributed by atoms with Gasteiger partial charge < -0.3 is 5.73 Å². The second-order valence-electron chi connectivity index (χ2n) is 3.48. The normalized spacial score (nSPS) is 11.1. The van der Waals surface area contributed by atoms with E-state index in [0.717, 1.165) is 0 Å². The fourth-order valence-corrected chi connectivity index (χ4v) is 2.40. The minimum absolute atomic E-state index is 0.0703. The first-order valence-electron chi connectivity index (χ1n) is 4.90. The predicted molar refractivity (Wildman–Crippen MR) is 71.7 cm³/mol. The third-order valence-electron chi connectivity index (χ3n) is 2.21. The monoisotopic (exact) mass is 282 g/mol. The number of sulfonamides is 1. The van der Waals surface area contributed by atoms with Gasteiger partial charge in [0.15, 0.2) is 0 Å². The zero-order chi connectivity index (χ0) is 13.2. The molecule has 0 saturated heterocycles. The van der Waals surface area contributed by atoms with Crippen LogP contribution in [0.25, 0.3) is 0 Å². The number of aromatic nitrogens is 2. The number of thiocarbonyl (C=S) groups is 1. The maximum Gasteiger partial charge on any atom is 0.265 e. The molecule has 1 aromatic carbocycles. The van der Waals surface area contributed by atoms with Gasteiger partial charge in [-0.15, -0.1) is 0 Å². The molecule has 0 aliphatic rings. The molecule has 8 heteroatoms. The molecule has 0 saturated carbocycles. The molecule has 0 radical (unpaired) electrons. The van der Waals surface area contributed by atoms with Gasteiger partial charge in [0.05, 0.1) is 6.20 Å². The van der Waals surface area contributed by atoms with Crippen molar-refractivity contribution in [2.45, 2.75) is 4.90 Å². The molecule has 0 fully saturated rings. The molecule has 0 bridgehead atoms. The van der Waals surface area contributed by atoms with Crippen molar-refractivity contribution in [2.24, 2.45) is 5.73 Å². The Morgan fingerprint density at radius 2 is 2.00 bits per heavy atom. The molecular formula is C10H10N4O2S2. The molecule has 0 aliphatic carbocycles. The van der Waals surface area contributed by atoms with Gasteiger partial charge in [0.1, 0.15) is 9.88 Å². The Balaban J connectivity index is 2.22. The first kappa shape index (κ1) is 12.5. The summed E-state index contributed by atoms with van der Waals surface area (Å²) >= 11 is 4.81. The second-order valence-corrected chi connectivity index (χ2v) is 5.60. The van der Waals surface area contributed by atoms with Gasteiger partial charge in [0.2, 0.25) is 0 Å². The molecule has 6 nitrogen and oxygen atoms in total. The van der Waals surface area contributed by atoms with Crippen LogP contribution in [-0.4, -0.2) is 23.6 Å². The average molecular weight is 282 g/mol. The number of nitrogens with two attached hydrogens (primary N) is 1. The summed E-state index contributed by atoms with van der Waals surface area (Å²) < 4.78 is 26.1. The van der Waals surface area contributed by atoms with Gasteiger partial charge in [-0.25, -0.2) is 8.42 Å². The number of hydrogen-bond donors (Lipinski definition) is 3. The summed E-state index contributed by atoms with van der Waals surface area (Å²) in [7, 11) is -3.61. The van der Waals surface area contributed by atoms with Crippen molar-refractivity contribution in [3.05, 3.63) is 42.2 Å². The minimum Gasteiger partial charge on any atom is -0.389 e. The molecule has 1 heterocycles. The number of aromatic amines is 1. The van der Waals surface area contributed by atoms with Gasteiger partial charge in [-0.2, -0.15) is 5.10 Å². The van der Waals surface area contributed by atoms with E-state index in [1.165, 1.54) is 12.4 Å². The lowest BCUT2D eigenvalue weighted by molar-refractivity contribution is 0.601. The van der Waals surface area contributed by atoms with Crippen molar-refractivity contribution in [1.82, 2.24) is 10.2 Å². The van der Waals surface area contributed by atoms with Gasteiger partial charge in [-0.3, -0.25) is 9.82 Å². The predicted octanol–water partition coefficient (Wildman–Crippen LogP) is 0.845. The number of rotatable bonds is 4. The molecule has 94 valence electrons. The van der Waals surface area contributed by atoms with Gasteiger partial charge in [0.25, 0.3) is 10.0 Å². The molecule has 0 unspecified atom stereocenters. The zero-order valence-electron chi connectivity index (χ0n) is 9.12. The number of nitrogens with one attached hydrogen (secondary N) is 2. The summed E-state index contributed by atoms with van der Waals surface area (Å²) in [5.41, 5.74) is 6.55. The van der Waals surface area contributed by atoms with Crippen LogP contribution in [-0.2, 0) is 10.0 Å². The molecule has 0 atom stereocenters. The molecule has 0 aliphatic heterocycles. The first-order chi connectivity index (χ1) is 8.49. The van der Waals surface area contributed by atoms with Crippen LogP contribution >= 0.6 is 12.2 Å². The van der Waals surface area contributed by atoms with E-state index < -0.39 is 10.0 Å². The van der Waals surface area contributed by atoms with E-state index in [4.69, 9.17) is 18.0 Å². The van der Waals surface area contributed by atoms with E-state index >= 15 is 0 Å². The van der Waals surface area contributed by atoms with Gasteiger partial charge in [0, 0.05) is 17.4 Å². The highest BCUT2D eigenvalue weighted by Gasteiger charge is 2.14. The molecule has 4 N–H and O–H groups in total. The van der Waals surface area contributed by atoms with Crippen molar-refractivity contribution in [2.75, 3.05) is 4.72 Å². The third kappa shape index (κ3) is 2.66. The Labute approximate surface area is 109 Å². The van der Waals surface area contributed by atoms with Crippen LogP contribution in [0.15, 0.2) is 41.6 Å². The Kier molecular flexibility index (Phi) is 3.30. The Hall–Kier alpha value is -1.93. The Morgan fingerprint density at radius 3 is 2.50 bits per heavy atom. The van der Waals surface area contributed by atoms with Crippen molar-refractivity contribution in [3.8, 4) is 0 Å². The van der Waals surface area contributed by atoms with E-state index in [-0.39, 0.29) is 9.88 Å². The van der Waals surface area contributed by atoms with Crippen LogP contribution in [0.2, 0.25) is 0 Å². The second kappa shape index (κ2) is 4.75. The summed E-state index contributed by atoms with van der Waals surface area (Å²) in [6, 6.07) is 6.48. The van der Waals surface area contributed by atoms with E-state index in [9.17, 15) is 8.42 Å². The van der Waals surface area contributed by atoms with Crippen LogP contribution in [0.3, 0.4) is 0 Å². The number of nitrogens with zero attached hydrogens (tertiary/aromatic N) is 1. The molecule has 2 rings (SSSR count). The lowest BCUT2D eigenvalue weighted by Gasteiger charge is -2.06. The highest BCUT2D eigenvalue weighted by Crippen LogP contribution is 2.15.